The zero-order valence-corrected chi connectivity index (χ0v) is 24.9. The molecule has 6 aromatic carbocycles. The molecule has 2 heterocycles. The molecule has 2 aliphatic rings. The number of aromatic nitrogens is 3. The van der Waals surface area contributed by atoms with Gasteiger partial charge >= 0.3 is 0 Å². The summed E-state index contributed by atoms with van der Waals surface area (Å²) in [5.41, 5.74) is 14.0. The molecule has 2 aliphatic carbocycles. The zero-order chi connectivity index (χ0) is 30.2. The highest BCUT2D eigenvalue weighted by molar-refractivity contribution is 6.05. The lowest BCUT2D eigenvalue weighted by Gasteiger charge is -2.30. The van der Waals surface area contributed by atoms with Gasteiger partial charge in [-0.2, -0.15) is 0 Å². The quantitative estimate of drug-likeness (QED) is 0.207. The van der Waals surface area contributed by atoms with E-state index in [0.717, 1.165) is 28.2 Å². The van der Waals surface area contributed by atoms with Crippen molar-refractivity contribution < 1.29 is 0 Å². The normalized spacial score (nSPS) is 13.4. The standard InChI is InChI=1S/C43H27N3/c1-3-15-28(16-4-1)37-27-39(45-42(44-37)29-17-5-2-6-18-29)46-38-26-14-10-22-33(38)40-41(46)32-21-9-13-25-36(32)43(40)34-23-11-7-19-30(34)31-20-8-12-24-35(31)43/h1-27H. The molecule has 10 rings (SSSR count). The molecular weight excluding hydrogens is 558 g/mol. The Morgan fingerprint density at radius 1 is 0.457 bits per heavy atom. The van der Waals surface area contributed by atoms with Crippen molar-refractivity contribution in [2.75, 3.05) is 0 Å². The Labute approximate surface area is 267 Å². The number of fused-ring (bicyclic) bond motifs is 12. The topological polar surface area (TPSA) is 30.7 Å². The maximum atomic E-state index is 5.33. The highest BCUT2D eigenvalue weighted by Gasteiger charge is 2.54. The first-order valence-electron chi connectivity index (χ1n) is 15.8. The fraction of sp³-hybridized carbons (Fsp3) is 0.0233. The van der Waals surface area contributed by atoms with Crippen molar-refractivity contribution in [3.8, 4) is 50.8 Å². The minimum Gasteiger partial charge on any atom is -0.293 e. The van der Waals surface area contributed by atoms with Gasteiger partial charge in [0.05, 0.1) is 22.3 Å². The van der Waals surface area contributed by atoms with Crippen molar-refractivity contribution in [1.82, 2.24) is 14.5 Å². The molecule has 3 nitrogen and oxygen atoms in total. The van der Waals surface area contributed by atoms with Crippen LogP contribution in [0.4, 0.5) is 0 Å². The van der Waals surface area contributed by atoms with E-state index in [0.29, 0.717) is 5.82 Å². The SMILES string of the molecule is c1ccc(-c2cc(-n3c4c(c5ccccc53)C3(c5ccccc5-c5ccccc53)c3ccccc3-4)nc(-c3ccccc3)n2)cc1. The summed E-state index contributed by atoms with van der Waals surface area (Å²) < 4.78 is 2.39. The Morgan fingerprint density at radius 2 is 0.978 bits per heavy atom. The predicted molar refractivity (Wildman–Crippen MR) is 186 cm³/mol. The average Bonchev–Trinajstić information content (AvgIpc) is 3.74. The number of hydrogen-bond acceptors (Lipinski definition) is 2. The van der Waals surface area contributed by atoms with E-state index >= 15 is 0 Å². The maximum Gasteiger partial charge on any atom is 0.162 e. The van der Waals surface area contributed by atoms with E-state index in [-0.39, 0.29) is 0 Å². The largest absolute Gasteiger partial charge is 0.293 e. The van der Waals surface area contributed by atoms with Gasteiger partial charge in [0.2, 0.25) is 0 Å². The van der Waals surface area contributed by atoms with Crippen molar-refractivity contribution in [3.05, 3.63) is 186 Å². The maximum absolute atomic E-state index is 5.33. The molecule has 1 spiro atoms. The second-order valence-corrected chi connectivity index (χ2v) is 12.1. The van der Waals surface area contributed by atoms with E-state index < -0.39 is 5.41 Å². The molecule has 0 saturated carbocycles. The van der Waals surface area contributed by atoms with Crippen molar-refractivity contribution in [1.29, 1.82) is 0 Å². The third kappa shape index (κ3) is 3.26. The summed E-state index contributed by atoms with van der Waals surface area (Å²) in [5.74, 6) is 1.57. The lowest BCUT2D eigenvalue weighted by Crippen LogP contribution is -2.25. The number of benzene rings is 6. The molecule has 0 bridgehead atoms. The summed E-state index contributed by atoms with van der Waals surface area (Å²) in [5, 5.41) is 1.24. The smallest absolute Gasteiger partial charge is 0.162 e. The van der Waals surface area contributed by atoms with Crippen LogP contribution < -0.4 is 0 Å². The Hall–Kier alpha value is -6.06. The molecule has 46 heavy (non-hydrogen) atoms. The molecule has 0 fully saturated rings. The Kier molecular flexibility index (Phi) is 5.20. The van der Waals surface area contributed by atoms with Crippen LogP contribution in [0.2, 0.25) is 0 Å². The second-order valence-electron chi connectivity index (χ2n) is 12.1. The van der Waals surface area contributed by atoms with E-state index in [2.05, 4.69) is 144 Å². The fourth-order valence-corrected chi connectivity index (χ4v) is 8.08. The first-order chi connectivity index (χ1) is 22.8. The van der Waals surface area contributed by atoms with Crippen LogP contribution in [0.15, 0.2) is 164 Å². The van der Waals surface area contributed by atoms with Crippen LogP contribution in [0.3, 0.4) is 0 Å². The van der Waals surface area contributed by atoms with Gasteiger partial charge in [0.1, 0.15) is 5.82 Å². The Morgan fingerprint density at radius 3 is 1.65 bits per heavy atom. The van der Waals surface area contributed by atoms with Crippen LogP contribution in [0, 0.1) is 0 Å². The highest BCUT2D eigenvalue weighted by Crippen LogP contribution is 2.64. The molecule has 2 aromatic heterocycles. The molecule has 0 amide bonds. The minimum absolute atomic E-state index is 0.443. The monoisotopic (exact) mass is 585 g/mol. The van der Waals surface area contributed by atoms with Gasteiger partial charge < -0.3 is 0 Å². The van der Waals surface area contributed by atoms with E-state index in [1.165, 1.54) is 50.0 Å². The van der Waals surface area contributed by atoms with E-state index in [1.807, 2.05) is 24.3 Å². The lowest BCUT2D eigenvalue weighted by atomic mass is 9.70. The van der Waals surface area contributed by atoms with Crippen molar-refractivity contribution >= 4 is 10.9 Å². The predicted octanol–water partition coefficient (Wildman–Crippen LogP) is 10.1. The minimum atomic E-state index is -0.443. The van der Waals surface area contributed by atoms with Crippen LogP contribution in [-0.4, -0.2) is 14.5 Å². The highest BCUT2D eigenvalue weighted by atomic mass is 15.1. The summed E-state index contributed by atoms with van der Waals surface area (Å²) >= 11 is 0. The molecule has 0 radical (unpaired) electrons. The number of nitrogens with zero attached hydrogens (tertiary/aromatic N) is 3. The third-order valence-electron chi connectivity index (χ3n) is 9.83. The number of hydrogen-bond donors (Lipinski definition) is 0. The van der Waals surface area contributed by atoms with Crippen LogP contribution >= 0.6 is 0 Å². The first kappa shape index (κ1) is 25.3. The molecule has 0 aliphatic heterocycles. The summed E-state index contributed by atoms with van der Waals surface area (Å²) in [7, 11) is 0. The van der Waals surface area contributed by atoms with E-state index in [9.17, 15) is 0 Å². The van der Waals surface area contributed by atoms with E-state index in [4.69, 9.17) is 9.97 Å². The summed E-state index contributed by atoms with van der Waals surface area (Å²) in [4.78, 5) is 10.4. The van der Waals surface area contributed by atoms with Crippen LogP contribution in [0.5, 0.6) is 0 Å². The van der Waals surface area contributed by atoms with Gasteiger partial charge in [0.25, 0.3) is 0 Å². The van der Waals surface area contributed by atoms with Crippen LogP contribution in [0.25, 0.3) is 61.8 Å². The molecule has 214 valence electrons. The van der Waals surface area contributed by atoms with E-state index in [1.54, 1.807) is 0 Å². The molecule has 0 N–H and O–H groups in total. The van der Waals surface area contributed by atoms with Gasteiger partial charge in [0, 0.05) is 33.7 Å². The van der Waals surface area contributed by atoms with Crippen molar-refractivity contribution in [2.24, 2.45) is 0 Å². The first-order valence-corrected chi connectivity index (χ1v) is 15.8. The molecule has 3 heteroatoms. The average molecular weight is 586 g/mol. The van der Waals surface area contributed by atoms with Crippen molar-refractivity contribution in [2.45, 2.75) is 5.41 Å². The Balaban J connectivity index is 1.37. The molecule has 0 unspecified atom stereocenters. The van der Waals surface area contributed by atoms with Crippen LogP contribution in [0.1, 0.15) is 22.3 Å². The molecule has 8 aromatic rings. The molecule has 0 atom stereocenters. The van der Waals surface area contributed by atoms with Gasteiger partial charge in [-0.05, 0) is 33.9 Å². The van der Waals surface area contributed by atoms with Gasteiger partial charge in [-0.25, -0.2) is 9.97 Å². The van der Waals surface area contributed by atoms with Gasteiger partial charge in [-0.3, -0.25) is 4.57 Å². The van der Waals surface area contributed by atoms with Gasteiger partial charge in [0.15, 0.2) is 5.82 Å². The summed E-state index contributed by atoms with van der Waals surface area (Å²) in [6.45, 7) is 0. The van der Waals surface area contributed by atoms with Crippen molar-refractivity contribution in [3.63, 3.8) is 0 Å². The fourth-order valence-electron chi connectivity index (χ4n) is 8.08. The number of rotatable bonds is 3. The Bertz CT molecular complexity index is 2370. The van der Waals surface area contributed by atoms with Gasteiger partial charge in [-0.15, -0.1) is 0 Å². The summed E-state index contributed by atoms with van der Waals surface area (Å²) in [6, 6.07) is 58.6. The summed E-state index contributed by atoms with van der Waals surface area (Å²) in [6.07, 6.45) is 0. The lowest BCUT2D eigenvalue weighted by molar-refractivity contribution is 0.801. The zero-order valence-electron chi connectivity index (χ0n) is 24.9. The molecular formula is C43H27N3. The van der Waals surface area contributed by atoms with Gasteiger partial charge in [-0.1, -0.05) is 152 Å². The molecule has 0 saturated heterocycles. The number of para-hydroxylation sites is 1. The van der Waals surface area contributed by atoms with Crippen LogP contribution in [-0.2, 0) is 5.41 Å². The third-order valence-corrected chi connectivity index (χ3v) is 9.83. The second kappa shape index (κ2) is 9.47.